The molecule has 1 atom stereocenters. The summed E-state index contributed by atoms with van der Waals surface area (Å²) in [6, 6.07) is 0.628. The molecule has 0 aliphatic heterocycles. The van der Waals surface area contributed by atoms with Gasteiger partial charge in [-0.05, 0) is 38.9 Å². The minimum atomic E-state index is 0.628. The van der Waals surface area contributed by atoms with Crippen molar-refractivity contribution in [1.29, 1.82) is 0 Å². The summed E-state index contributed by atoms with van der Waals surface area (Å²) < 4.78 is 0. The zero-order valence-electron chi connectivity index (χ0n) is 11.3. The molecule has 0 fully saturated rings. The van der Waals surface area contributed by atoms with Gasteiger partial charge in [0, 0.05) is 12.6 Å². The summed E-state index contributed by atoms with van der Waals surface area (Å²) >= 11 is 0. The van der Waals surface area contributed by atoms with Crippen LogP contribution in [0.15, 0.2) is 0 Å². The molecule has 0 aliphatic carbocycles. The topological polar surface area (TPSA) is 15.3 Å². The van der Waals surface area contributed by atoms with E-state index in [0.29, 0.717) is 6.04 Å². The smallest absolute Gasteiger partial charge is 0.00103 e. The van der Waals surface area contributed by atoms with Gasteiger partial charge < -0.3 is 10.2 Å². The van der Waals surface area contributed by atoms with Gasteiger partial charge in [-0.3, -0.25) is 0 Å². The molecule has 0 amide bonds. The zero-order chi connectivity index (χ0) is 11.7. The van der Waals surface area contributed by atoms with Crippen LogP contribution >= 0.6 is 0 Å². The Bertz CT molecular complexity index is 134. The first kappa shape index (κ1) is 14.9. The second-order valence-electron chi connectivity index (χ2n) is 5.09. The normalized spacial score (nSPS) is 13.8. The largest absolute Gasteiger partial charge is 0.315 e. The predicted octanol–water partition coefficient (Wildman–Crippen LogP) is 2.74. The van der Waals surface area contributed by atoms with Crippen LogP contribution in [-0.4, -0.2) is 37.6 Å². The van der Waals surface area contributed by atoms with E-state index in [2.05, 4.69) is 45.0 Å². The van der Waals surface area contributed by atoms with Crippen molar-refractivity contribution in [3.63, 3.8) is 0 Å². The van der Waals surface area contributed by atoms with E-state index in [1.54, 1.807) is 0 Å². The Morgan fingerprint density at radius 2 is 1.80 bits per heavy atom. The van der Waals surface area contributed by atoms with Crippen LogP contribution in [0, 0.1) is 5.92 Å². The minimum Gasteiger partial charge on any atom is -0.315 e. The molecule has 0 aromatic rings. The third kappa shape index (κ3) is 10.2. The molecule has 0 aromatic heterocycles. The van der Waals surface area contributed by atoms with E-state index in [0.717, 1.165) is 12.5 Å². The lowest BCUT2D eigenvalue weighted by atomic mass is 10.1. The van der Waals surface area contributed by atoms with Crippen LogP contribution in [0.1, 0.15) is 47.0 Å². The van der Waals surface area contributed by atoms with Crippen LogP contribution < -0.4 is 5.32 Å². The fraction of sp³-hybridized carbons (Fsp3) is 1.00. The van der Waals surface area contributed by atoms with Crippen LogP contribution in [0.4, 0.5) is 0 Å². The molecule has 0 radical (unpaired) electrons. The Hall–Kier alpha value is -0.0800. The van der Waals surface area contributed by atoms with Gasteiger partial charge in [0.2, 0.25) is 0 Å². The summed E-state index contributed by atoms with van der Waals surface area (Å²) in [7, 11) is 2.24. The van der Waals surface area contributed by atoms with Gasteiger partial charge in [0.15, 0.2) is 0 Å². The minimum absolute atomic E-state index is 0.628. The van der Waals surface area contributed by atoms with Crippen molar-refractivity contribution in [2.45, 2.75) is 53.0 Å². The zero-order valence-corrected chi connectivity index (χ0v) is 11.3. The van der Waals surface area contributed by atoms with E-state index in [1.165, 1.54) is 32.4 Å². The Labute approximate surface area is 96.4 Å². The monoisotopic (exact) mass is 214 g/mol. The van der Waals surface area contributed by atoms with E-state index in [9.17, 15) is 0 Å². The third-order valence-electron chi connectivity index (χ3n) is 2.84. The molecule has 92 valence electrons. The van der Waals surface area contributed by atoms with Crippen molar-refractivity contribution in [1.82, 2.24) is 10.2 Å². The fourth-order valence-corrected chi connectivity index (χ4v) is 1.65. The Morgan fingerprint density at radius 1 is 1.13 bits per heavy atom. The molecule has 2 nitrogen and oxygen atoms in total. The molecule has 1 unspecified atom stereocenters. The Kier molecular flexibility index (Phi) is 9.12. The Balaban J connectivity index is 3.27. The van der Waals surface area contributed by atoms with Gasteiger partial charge in [-0.1, -0.05) is 34.1 Å². The first-order valence-corrected chi connectivity index (χ1v) is 6.48. The molecule has 0 saturated carbocycles. The van der Waals surface area contributed by atoms with Crippen LogP contribution in [-0.2, 0) is 0 Å². The summed E-state index contributed by atoms with van der Waals surface area (Å²) in [6.45, 7) is 12.7. The molecule has 0 rings (SSSR count). The van der Waals surface area contributed by atoms with Crippen molar-refractivity contribution < 1.29 is 0 Å². The van der Waals surface area contributed by atoms with E-state index < -0.39 is 0 Å². The second kappa shape index (κ2) is 9.17. The van der Waals surface area contributed by atoms with Gasteiger partial charge >= 0.3 is 0 Å². The number of nitrogens with zero attached hydrogens (tertiary/aromatic N) is 1. The highest BCUT2D eigenvalue weighted by Crippen LogP contribution is 2.03. The van der Waals surface area contributed by atoms with Crippen molar-refractivity contribution in [2.24, 2.45) is 5.92 Å². The first-order valence-electron chi connectivity index (χ1n) is 6.48. The maximum atomic E-state index is 3.45. The summed E-state index contributed by atoms with van der Waals surface area (Å²) in [5, 5.41) is 3.45. The quantitative estimate of drug-likeness (QED) is 0.594. The van der Waals surface area contributed by atoms with E-state index in [1.807, 2.05) is 0 Å². The lowest BCUT2D eigenvalue weighted by Crippen LogP contribution is -2.27. The van der Waals surface area contributed by atoms with E-state index in [-0.39, 0.29) is 0 Å². The number of hydrogen-bond donors (Lipinski definition) is 1. The Morgan fingerprint density at radius 3 is 2.33 bits per heavy atom. The molecule has 0 bridgehead atoms. The first-order chi connectivity index (χ1) is 7.06. The molecule has 15 heavy (non-hydrogen) atoms. The highest BCUT2D eigenvalue weighted by Gasteiger charge is 2.03. The summed E-state index contributed by atoms with van der Waals surface area (Å²) in [5.41, 5.74) is 0. The van der Waals surface area contributed by atoms with Crippen LogP contribution in [0.3, 0.4) is 0 Å². The summed E-state index contributed by atoms with van der Waals surface area (Å²) in [5.74, 6) is 0.837. The molecule has 0 heterocycles. The van der Waals surface area contributed by atoms with Crippen LogP contribution in [0.2, 0.25) is 0 Å². The van der Waals surface area contributed by atoms with E-state index in [4.69, 9.17) is 0 Å². The van der Waals surface area contributed by atoms with Gasteiger partial charge in [0.25, 0.3) is 0 Å². The molecule has 0 aliphatic rings. The molecule has 0 saturated heterocycles. The van der Waals surface area contributed by atoms with Gasteiger partial charge in [-0.25, -0.2) is 0 Å². The average Bonchev–Trinajstić information content (AvgIpc) is 2.16. The number of rotatable bonds is 9. The number of nitrogens with one attached hydrogen (secondary N) is 1. The van der Waals surface area contributed by atoms with E-state index >= 15 is 0 Å². The van der Waals surface area contributed by atoms with Crippen molar-refractivity contribution in [3.8, 4) is 0 Å². The van der Waals surface area contributed by atoms with Crippen molar-refractivity contribution in [3.05, 3.63) is 0 Å². The SMILES string of the molecule is CCC(C)CN(C)CCCCNC(C)C. The number of hydrogen-bond acceptors (Lipinski definition) is 2. The molecular formula is C13H30N2. The number of unbranched alkanes of at least 4 members (excludes halogenated alkanes) is 1. The van der Waals surface area contributed by atoms with Crippen molar-refractivity contribution in [2.75, 3.05) is 26.7 Å². The predicted molar refractivity (Wildman–Crippen MR) is 69.3 cm³/mol. The highest BCUT2D eigenvalue weighted by atomic mass is 15.1. The molecule has 0 spiro atoms. The van der Waals surface area contributed by atoms with Crippen LogP contribution in [0.25, 0.3) is 0 Å². The molecule has 2 heteroatoms. The van der Waals surface area contributed by atoms with Gasteiger partial charge in [0.1, 0.15) is 0 Å². The fourth-order valence-electron chi connectivity index (χ4n) is 1.65. The van der Waals surface area contributed by atoms with Crippen LogP contribution in [0.5, 0.6) is 0 Å². The highest BCUT2D eigenvalue weighted by molar-refractivity contribution is 4.59. The van der Waals surface area contributed by atoms with Gasteiger partial charge in [0.05, 0.1) is 0 Å². The third-order valence-corrected chi connectivity index (χ3v) is 2.84. The summed E-state index contributed by atoms with van der Waals surface area (Å²) in [6.07, 6.45) is 3.90. The maximum absolute atomic E-state index is 3.45. The lowest BCUT2D eigenvalue weighted by molar-refractivity contribution is 0.276. The molecular weight excluding hydrogens is 184 g/mol. The standard InChI is InChI=1S/C13H30N2/c1-6-13(4)11-15(5)10-8-7-9-14-12(2)3/h12-14H,6-11H2,1-5H3. The summed E-state index contributed by atoms with van der Waals surface area (Å²) in [4.78, 5) is 2.46. The lowest BCUT2D eigenvalue weighted by Gasteiger charge is -2.20. The maximum Gasteiger partial charge on any atom is 0.00103 e. The van der Waals surface area contributed by atoms with Gasteiger partial charge in [-0.15, -0.1) is 0 Å². The van der Waals surface area contributed by atoms with Crippen molar-refractivity contribution >= 4 is 0 Å². The molecule has 0 aromatic carbocycles. The van der Waals surface area contributed by atoms with Gasteiger partial charge in [-0.2, -0.15) is 0 Å². The molecule has 1 N–H and O–H groups in total. The second-order valence-corrected chi connectivity index (χ2v) is 5.09. The average molecular weight is 214 g/mol.